The summed E-state index contributed by atoms with van der Waals surface area (Å²) in [7, 11) is 2.92. The molecule has 1 aromatic heterocycles. The van der Waals surface area contributed by atoms with Gasteiger partial charge >= 0.3 is 5.97 Å². The van der Waals surface area contributed by atoms with E-state index in [9.17, 15) is 14.4 Å². The quantitative estimate of drug-likeness (QED) is 0.807. The monoisotopic (exact) mass is 393 g/mol. The van der Waals surface area contributed by atoms with Crippen molar-refractivity contribution < 1.29 is 19.1 Å². The summed E-state index contributed by atoms with van der Waals surface area (Å²) >= 11 is 7.36. The van der Waals surface area contributed by atoms with Crippen LogP contribution in [0.2, 0.25) is 5.02 Å². The molecule has 9 heteroatoms. The number of carbonyl (C=O) groups is 3. The normalized spacial score (nSPS) is 16.7. The molecule has 1 aliphatic heterocycles. The predicted molar refractivity (Wildman–Crippen MR) is 98.3 cm³/mol. The molecule has 2 aromatic rings. The van der Waals surface area contributed by atoms with Crippen LogP contribution in [-0.2, 0) is 14.3 Å². The molecule has 0 spiro atoms. The van der Waals surface area contributed by atoms with Gasteiger partial charge in [-0.05, 0) is 6.07 Å². The topological polar surface area (TPSA) is 88.6 Å². The summed E-state index contributed by atoms with van der Waals surface area (Å²) in [5, 5.41) is 3.41. The van der Waals surface area contributed by atoms with Gasteiger partial charge in [0.05, 0.1) is 17.9 Å². The summed E-state index contributed by atoms with van der Waals surface area (Å²) in [6.07, 6.45) is 0.162. The van der Waals surface area contributed by atoms with Crippen molar-refractivity contribution in [2.75, 3.05) is 26.0 Å². The number of nitrogens with one attached hydrogen (secondary N) is 1. The molecular formula is C17H16ClN3O4S. The van der Waals surface area contributed by atoms with Crippen LogP contribution in [0.4, 0.5) is 5.13 Å². The molecule has 1 unspecified atom stereocenters. The lowest BCUT2D eigenvalue weighted by molar-refractivity contribution is -0.127. The first kappa shape index (κ1) is 18.3. The van der Waals surface area contributed by atoms with Crippen LogP contribution >= 0.6 is 22.9 Å². The Kier molecular flexibility index (Phi) is 5.24. The van der Waals surface area contributed by atoms with Crippen LogP contribution < -0.4 is 5.32 Å². The van der Waals surface area contributed by atoms with E-state index in [0.29, 0.717) is 22.0 Å². The number of rotatable bonds is 4. The molecule has 1 fully saturated rings. The number of benzene rings is 1. The molecule has 1 aromatic carbocycles. The van der Waals surface area contributed by atoms with Crippen molar-refractivity contribution in [1.29, 1.82) is 0 Å². The van der Waals surface area contributed by atoms with E-state index in [2.05, 4.69) is 10.3 Å². The van der Waals surface area contributed by atoms with Crippen LogP contribution in [0, 0.1) is 5.92 Å². The van der Waals surface area contributed by atoms with E-state index in [4.69, 9.17) is 16.3 Å². The lowest BCUT2D eigenvalue weighted by Crippen LogP contribution is -2.25. The van der Waals surface area contributed by atoms with E-state index in [1.165, 1.54) is 12.0 Å². The maximum Gasteiger partial charge on any atom is 0.358 e. The number of nitrogens with zero attached hydrogens (tertiary/aromatic N) is 2. The van der Waals surface area contributed by atoms with E-state index in [1.54, 1.807) is 31.3 Å². The molecule has 2 heterocycles. The Hall–Kier alpha value is -2.45. The summed E-state index contributed by atoms with van der Waals surface area (Å²) in [5.74, 6) is -1.44. The van der Waals surface area contributed by atoms with E-state index < -0.39 is 11.9 Å². The van der Waals surface area contributed by atoms with Crippen molar-refractivity contribution in [3.63, 3.8) is 0 Å². The highest BCUT2D eigenvalue weighted by atomic mass is 35.5. The zero-order valence-electron chi connectivity index (χ0n) is 14.1. The summed E-state index contributed by atoms with van der Waals surface area (Å²) in [6, 6.07) is 7.04. The van der Waals surface area contributed by atoms with Gasteiger partial charge < -0.3 is 15.0 Å². The van der Waals surface area contributed by atoms with Gasteiger partial charge in [0.2, 0.25) is 11.8 Å². The summed E-state index contributed by atoms with van der Waals surface area (Å²) < 4.78 is 4.78. The lowest BCUT2D eigenvalue weighted by atomic mass is 10.1. The average Bonchev–Trinajstić information content (AvgIpc) is 3.18. The van der Waals surface area contributed by atoms with Crippen LogP contribution in [0.3, 0.4) is 0 Å². The van der Waals surface area contributed by atoms with Crippen LogP contribution in [0.25, 0.3) is 10.4 Å². The molecule has 3 rings (SSSR count). The Morgan fingerprint density at radius 1 is 1.38 bits per heavy atom. The number of carbonyl (C=O) groups excluding carboxylic acids is 3. The number of thiazole rings is 1. The molecule has 26 heavy (non-hydrogen) atoms. The van der Waals surface area contributed by atoms with Crippen molar-refractivity contribution in [1.82, 2.24) is 9.88 Å². The predicted octanol–water partition coefficient (Wildman–Crippen LogP) is 2.67. The maximum absolute atomic E-state index is 12.4. The van der Waals surface area contributed by atoms with Crippen LogP contribution in [0.15, 0.2) is 24.3 Å². The highest BCUT2D eigenvalue weighted by molar-refractivity contribution is 7.19. The third kappa shape index (κ3) is 3.56. The number of esters is 1. The fourth-order valence-corrected chi connectivity index (χ4v) is 3.96. The van der Waals surface area contributed by atoms with Crippen molar-refractivity contribution in [3.05, 3.63) is 35.0 Å². The number of hydrogen-bond acceptors (Lipinski definition) is 6. The summed E-state index contributed by atoms with van der Waals surface area (Å²) in [5.41, 5.74) is 0.712. The van der Waals surface area contributed by atoms with Gasteiger partial charge in [-0.1, -0.05) is 41.1 Å². The fourth-order valence-electron chi connectivity index (χ4n) is 2.68. The standard InChI is InChI=1S/C17H16ClN3O4S/c1-21-8-9(7-12(21)22)15(23)20-17-19-13(16(24)25-2)14(26-17)10-5-3-4-6-11(10)18/h3-6,9H,7-8H2,1-2H3,(H,19,20,23). The van der Waals surface area contributed by atoms with E-state index in [-0.39, 0.29) is 29.1 Å². The second-order valence-corrected chi connectivity index (χ2v) is 7.24. The third-order valence-electron chi connectivity index (χ3n) is 4.07. The minimum atomic E-state index is -0.618. The zero-order valence-corrected chi connectivity index (χ0v) is 15.7. The number of halogens is 1. The first-order valence-electron chi connectivity index (χ1n) is 7.79. The molecule has 0 radical (unpaired) electrons. The van der Waals surface area contributed by atoms with Gasteiger partial charge in [-0.2, -0.15) is 0 Å². The smallest absolute Gasteiger partial charge is 0.358 e. The SMILES string of the molecule is COC(=O)c1nc(NC(=O)C2CC(=O)N(C)C2)sc1-c1ccccc1Cl. The number of ether oxygens (including phenoxy) is 1. The lowest BCUT2D eigenvalue weighted by Gasteiger charge is -2.09. The van der Waals surface area contributed by atoms with Gasteiger partial charge in [0.25, 0.3) is 0 Å². The first-order valence-corrected chi connectivity index (χ1v) is 8.99. The van der Waals surface area contributed by atoms with Crippen LogP contribution in [0.5, 0.6) is 0 Å². The Morgan fingerprint density at radius 3 is 2.73 bits per heavy atom. The van der Waals surface area contributed by atoms with Gasteiger partial charge in [0, 0.05) is 30.6 Å². The number of anilines is 1. The molecule has 136 valence electrons. The molecule has 1 atom stereocenters. The van der Waals surface area contributed by atoms with Crippen molar-refractivity contribution in [3.8, 4) is 10.4 Å². The van der Waals surface area contributed by atoms with Gasteiger partial charge in [-0.15, -0.1) is 0 Å². The number of aromatic nitrogens is 1. The highest BCUT2D eigenvalue weighted by Gasteiger charge is 2.33. The number of methoxy groups -OCH3 is 1. The molecule has 0 saturated carbocycles. The second-order valence-electron chi connectivity index (χ2n) is 5.83. The molecule has 0 bridgehead atoms. The van der Waals surface area contributed by atoms with Gasteiger partial charge in [-0.25, -0.2) is 9.78 Å². The molecule has 0 aliphatic carbocycles. The number of likely N-dealkylation sites (tertiary alicyclic amines) is 1. The first-order chi connectivity index (χ1) is 12.4. The molecule has 2 amide bonds. The largest absolute Gasteiger partial charge is 0.464 e. The van der Waals surface area contributed by atoms with Gasteiger partial charge in [0.15, 0.2) is 10.8 Å². The minimum Gasteiger partial charge on any atom is -0.464 e. The van der Waals surface area contributed by atoms with Crippen molar-refractivity contribution in [2.24, 2.45) is 5.92 Å². The Balaban J connectivity index is 1.89. The van der Waals surface area contributed by atoms with Crippen LogP contribution in [0.1, 0.15) is 16.9 Å². The minimum absolute atomic E-state index is 0.0729. The van der Waals surface area contributed by atoms with E-state index >= 15 is 0 Å². The zero-order chi connectivity index (χ0) is 18.8. The molecule has 1 aliphatic rings. The summed E-state index contributed by atoms with van der Waals surface area (Å²) in [6.45, 7) is 0.358. The Bertz CT molecular complexity index is 883. The number of amides is 2. The molecule has 1 saturated heterocycles. The van der Waals surface area contributed by atoms with E-state index in [1.807, 2.05) is 0 Å². The number of hydrogen-bond donors (Lipinski definition) is 1. The fraction of sp³-hybridized carbons (Fsp3) is 0.294. The highest BCUT2D eigenvalue weighted by Crippen LogP contribution is 2.37. The van der Waals surface area contributed by atoms with E-state index in [0.717, 1.165) is 11.3 Å². The maximum atomic E-state index is 12.4. The van der Waals surface area contributed by atoms with Crippen molar-refractivity contribution >= 4 is 45.9 Å². The van der Waals surface area contributed by atoms with Crippen LogP contribution in [-0.4, -0.2) is 48.4 Å². The Labute approximate surface area is 158 Å². The average molecular weight is 394 g/mol. The molecular weight excluding hydrogens is 378 g/mol. The summed E-state index contributed by atoms with van der Waals surface area (Å²) in [4.78, 5) is 42.3. The van der Waals surface area contributed by atoms with Gasteiger partial charge in [0.1, 0.15) is 0 Å². The second kappa shape index (κ2) is 7.43. The third-order valence-corrected chi connectivity index (χ3v) is 5.40. The Morgan fingerprint density at radius 2 is 2.12 bits per heavy atom. The van der Waals surface area contributed by atoms with Gasteiger partial charge in [-0.3, -0.25) is 9.59 Å². The van der Waals surface area contributed by atoms with Crippen molar-refractivity contribution in [2.45, 2.75) is 6.42 Å². The molecule has 7 nitrogen and oxygen atoms in total. The molecule has 1 N–H and O–H groups in total.